The number of halogens is 1. The Hall–Kier alpha value is 0.380. The first-order chi connectivity index (χ1) is 11.4. The van der Waals surface area contributed by atoms with Crippen molar-refractivity contribution in [2.24, 2.45) is 0 Å². The van der Waals surface area contributed by atoms with Gasteiger partial charge in [0.1, 0.15) is 9.84 Å². The van der Waals surface area contributed by atoms with Crippen LogP contribution in [-0.4, -0.2) is 56.7 Å². The van der Waals surface area contributed by atoms with Crippen LogP contribution in [-0.2, 0) is 16.3 Å². The number of aryl methyl sites for hydroxylation is 1. The molecule has 0 radical (unpaired) electrons. The van der Waals surface area contributed by atoms with E-state index < -0.39 is 9.84 Å². The number of likely N-dealkylation sites (tertiary alicyclic amines) is 1. The van der Waals surface area contributed by atoms with Crippen molar-refractivity contribution in [3.63, 3.8) is 0 Å². The van der Waals surface area contributed by atoms with Gasteiger partial charge in [0.15, 0.2) is 0 Å². The van der Waals surface area contributed by atoms with E-state index in [1.807, 2.05) is 24.3 Å². The molecule has 0 amide bonds. The fourth-order valence-electron chi connectivity index (χ4n) is 2.67. The molecule has 0 atom stereocenters. The van der Waals surface area contributed by atoms with Crippen LogP contribution < -0.4 is 29.6 Å². The minimum absolute atomic E-state index is 0. The largest absolute Gasteiger partial charge is 1.00 e. The quantitative estimate of drug-likeness (QED) is 0.669. The maximum Gasteiger partial charge on any atom is 1.00 e. The van der Waals surface area contributed by atoms with Crippen LogP contribution in [0.2, 0.25) is 5.02 Å². The van der Waals surface area contributed by atoms with Gasteiger partial charge in [-0.25, -0.2) is 8.42 Å². The van der Waals surface area contributed by atoms with Crippen molar-refractivity contribution in [1.29, 1.82) is 0 Å². The summed E-state index contributed by atoms with van der Waals surface area (Å²) >= 11 is 5.72. The van der Waals surface area contributed by atoms with E-state index in [0.717, 1.165) is 24.9 Å². The number of aliphatic hydroxyl groups excluding tert-OH is 1. The summed E-state index contributed by atoms with van der Waals surface area (Å²) in [5.41, 5.74) is 1.12. The van der Waals surface area contributed by atoms with Gasteiger partial charge in [0.05, 0.1) is 5.75 Å². The molecule has 0 spiro atoms. The fraction of sp³-hybridized carbons (Fsp3) is 0.667. The predicted octanol–water partition coefficient (Wildman–Crippen LogP) is 0.288. The zero-order chi connectivity index (χ0) is 17.8. The third-order valence-corrected chi connectivity index (χ3v) is 5.26. The second-order valence-corrected chi connectivity index (χ2v) is 9.04. The van der Waals surface area contributed by atoms with Crippen LogP contribution >= 0.6 is 11.6 Å². The smallest absolute Gasteiger partial charge is 1.00 e. The number of rotatable bonds is 7. The second-order valence-electron chi connectivity index (χ2n) is 6.34. The monoisotopic (exact) mass is 399 g/mol. The minimum atomic E-state index is -2.83. The molecule has 0 aliphatic carbocycles. The summed E-state index contributed by atoms with van der Waals surface area (Å²) in [6.07, 6.45) is 7.76. The molecule has 1 aliphatic heterocycles. The van der Waals surface area contributed by atoms with Gasteiger partial charge in [0.25, 0.3) is 0 Å². The van der Waals surface area contributed by atoms with E-state index in [4.69, 9.17) is 16.7 Å². The first-order valence-electron chi connectivity index (χ1n) is 8.66. The Bertz CT molecular complexity index is 552. The van der Waals surface area contributed by atoms with E-state index in [-0.39, 0.29) is 36.7 Å². The van der Waals surface area contributed by atoms with Gasteiger partial charge in [-0.1, -0.05) is 30.2 Å². The molecule has 1 N–H and O–H groups in total. The molecule has 4 nitrogen and oxygen atoms in total. The van der Waals surface area contributed by atoms with Crippen molar-refractivity contribution in [3.05, 3.63) is 34.9 Å². The molecule has 1 aromatic rings. The molecule has 2 rings (SSSR count). The van der Waals surface area contributed by atoms with Gasteiger partial charge in [0, 0.05) is 24.4 Å². The van der Waals surface area contributed by atoms with Crippen LogP contribution in [0, 0.1) is 0 Å². The molecular weight excluding hydrogens is 369 g/mol. The molecule has 0 bridgehead atoms. The van der Waals surface area contributed by atoms with Crippen molar-refractivity contribution >= 4 is 21.4 Å². The van der Waals surface area contributed by atoms with Crippen molar-refractivity contribution in [1.82, 2.24) is 4.90 Å². The number of benzene rings is 1. The number of sulfone groups is 1. The second kappa shape index (κ2) is 14.4. The third kappa shape index (κ3) is 14.1. The molecule has 1 aliphatic rings. The van der Waals surface area contributed by atoms with Crippen LogP contribution in [0.15, 0.2) is 24.3 Å². The average molecular weight is 400 g/mol. The SMILES string of the molecule is CS(=O)(=O)CCCc1ccc(Cl)cc1.OCCCN1CCCCC1.[H-].[Na+]. The van der Waals surface area contributed by atoms with E-state index in [2.05, 4.69) is 4.90 Å². The normalized spacial score (nSPS) is 15.0. The van der Waals surface area contributed by atoms with Crippen LogP contribution in [0.25, 0.3) is 0 Å². The summed E-state index contributed by atoms with van der Waals surface area (Å²) in [6.45, 7) is 3.94. The minimum Gasteiger partial charge on any atom is -1.00 e. The number of nitrogens with zero attached hydrogens (tertiary/aromatic N) is 1. The van der Waals surface area contributed by atoms with Crippen LogP contribution in [0.3, 0.4) is 0 Å². The third-order valence-electron chi connectivity index (χ3n) is 3.97. The van der Waals surface area contributed by atoms with Gasteiger partial charge >= 0.3 is 29.6 Å². The molecular formula is C18H31ClNNaO3S. The van der Waals surface area contributed by atoms with Crippen molar-refractivity contribution in [2.45, 2.75) is 38.5 Å². The molecule has 1 saturated heterocycles. The van der Waals surface area contributed by atoms with E-state index >= 15 is 0 Å². The van der Waals surface area contributed by atoms with E-state index in [0.29, 0.717) is 18.1 Å². The first-order valence-corrected chi connectivity index (χ1v) is 11.1. The van der Waals surface area contributed by atoms with Gasteiger partial charge in [-0.15, -0.1) is 0 Å². The molecule has 25 heavy (non-hydrogen) atoms. The molecule has 7 heteroatoms. The standard InChI is InChI=1S/C10H13ClO2S.C8H17NO.Na.H/c1-14(12,13)8-2-3-9-4-6-10(11)7-5-9;10-8-4-7-9-5-2-1-3-6-9;;/h4-7H,2-3,8H2,1H3;10H,1-8H2;;/q;;+1;-1. The Morgan fingerprint density at radius 2 is 1.72 bits per heavy atom. The average Bonchev–Trinajstić information content (AvgIpc) is 2.55. The Morgan fingerprint density at radius 3 is 2.24 bits per heavy atom. The fourth-order valence-corrected chi connectivity index (χ4v) is 3.46. The zero-order valence-electron chi connectivity index (χ0n) is 16.6. The van der Waals surface area contributed by atoms with Crippen molar-refractivity contribution < 1.29 is 44.5 Å². The van der Waals surface area contributed by atoms with Gasteiger partial charge in [-0.2, -0.15) is 0 Å². The van der Waals surface area contributed by atoms with E-state index in [1.54, 1.807) is 0 Å². The molecule has 1 fully saturated rings. The molecule has 1 heterocycles. The molecule has 0 saturated carbocycles. The maximum absolute atomic E-state index is 10.9. The van der Waals surface area contributed by atoms with Crippen molar-refractivity contribution in [2.75, 3.05) is 38.2 Å². The number of hydrogen-bond acceptors (Lipinski definition) is 4. The number of hydrogen-bond donors (Lipinski definition) is 1. The summed E-state index contributed by atoms with van der Waals surface area (Å²) in [5.74, 6) is 0.246. The van der Waals surface area contributed by atoms with Gasteiger partial charge < -0.3 is 11.4 Å². The maximum atomic E-state index is 10.9. The topological polar surface area (TPSA) is 57.6 Å². The van der Waals surface area contributed by atoms with E-state index in [9.17, 15) is 8.42 Å². The molecule has 140 valence electrons. The first kappa shape index (κ1) is 25.4. The van der Waals surface area contributed by atoms with Crippen LogP contribution in [0.4, 0.5) is 0 Å². The summed E-state index contributed by atoms with van der Waals surface area (Å²) < 4.78 is 21.7. The summed E-state index contributed by atoms with van der Waals surface area (Å²) in [4.78, 5) is 2.44. The Morgan fingerprint density at radius 1 is 1.12 bits per heavy atom. The van der Waals surface area contributed by atoms with Gasteiger partial charge in [0.2, 0.25) is 0 Å². The number of piperidine rings is 1. The Labute approximate surface area is 181 Å². The molecule has 0 aromatic heterocycles. The predicted molar refractivity (Wildman–Crippen MR) is 103 cm³/mol. The van der Waals surface area contributed by atoms with Gasteiger partial charge in [-0.05, 0) is 62.9 Å². The van der Waals surface area contributed by atoms with Gasteiger partial charge in [-0.3, -0.25) is 0 Å². The van der Waals surface area contributed by atoms with Crippen LogP contribution in [0.1, 0.15) is 39.1 Å². The number of aliphatic hydroxyl groups is 1. The Kier molecular flexibility index (Phi) is 14.7. The molecule has 1 aromatic carbocycles. The van der Waals surface area contributed by atoms with Crippen molar-refractivity contribution in [3.8, 4) is 0 Å². The van der Waals surface area contributed by atoms with E-state index in [1.165, 1.54) is 38.6 Å². The summed E-state index contributed by atoms with van der Waals surface area (Å²) in [7, 11) is -2.83. The zero-order valence-corrected chi connectivity index (χ0v) is 19.2. The summed E-state index contributed by atoms with van der Waals surface area (Å²) in [6, 6.07) is 7.48. The summed E-state index contributed by atoms with van der Waals surface area (Å²) in [5, 5.41) is 9.28. The van der Waals surface area contributed by atoms with Crippen LogP contribution in [0.5, 0.6) is 0 Å². The molecule has 0 unspecified atom stereocenters. The Balaban J connectivity index is 0.